The number of benzene rings is 3. The van der Waals surface area contributed by atoms with Crippen molar-refractivity contribution in [3.8, 4) is 0 Å². The molecule has 0 fully saturated rings. The molecule has 0 bridgehead atoms. The molecule has 42 heavy (non-hydrogen) atoms. The van der Waals surface area contributed by atoms with Crippen molar-refractivity contribution in [2.45, 2.75) is 50.5 Å². The summed E-state index contributed by atoms with van der Waals surface area (Å²) in [5.41, 5.74) is 5.15. The molecule has 3 amide bonds. The third-order valence-electron chi connectivity index (χ3n) is 7.11. The number of nitrogens with zero attached hydrogens (tertiary/aromatic N) is 1. The van der Waals surface area contributed by atoms with Crippen LogP contribution in [0.25, 0.3) is 5.57 Å². The van der Waals surface area contributed by atoms with E-state index in [1.807, 2.05) is 24.3 Å². The molecule has 3 N–H and O–H groups in total. The number of sulfone groups is 1. The maximum Gasteiger partial charge on any atom is 0.326 e. The molecule has 0 aromatic heterocycles. The topological polar surface area (TPSA) is 133 Å². The average Bonchev–Trinajstić information content (AvgIpc) is 2.97. The average molecular weight is 590 g/mol. The third kappa shape index (κ3) is 8.07. The van der Waals surface area contributed by atoms with Gasteiger partial charge in [-0.2, -0.15) is 0 Å². The number of aryl methyl sites for hydroxylation is 1. The van der Waals surface area contributed by atoms with Gasteiger partial charge in [0.15, 0.2) is 9.84 Å². The molecule has 0 saturated heterocycles. The van der Waals surface area contributed by atoms with Gasteiger partial charge in [-0.05, 0) is 91.3 Å². The van der Waals surface area contributed by atoms with Crippen LogP contribution in [0, 0.1) is 6.92 Å². The van der Waals surface area contributed by atoms with E-state index in [1.54, 1.807) is 48.2 Å². The Kier molecular flexibility index (Phi) is 9.80. The first-order valence-corrected chi connectivity index (χ1v) is 15.7. The summed E-state index contributed by atoms with van der Waals surface area (Å²) in [6, 6.07) is 18.8. The van der Waals surface area contributed by atoms with Gasteiger partial charge in [-0.15, -0.1) is 0 Å². The number of carbonyl (C=O) groups excluding carboxylic acids is 2. The van der Waals surface area contributed by atoms with Crippen LogP contribution in [0.3, 0.4) is 0 Å². The number of aliphatic carboxylic acids is 1. The first-order valence-electron chi connectivity index (χ1n) is 13.8. The van der Waals surface area contributed by atoms with E-state index in [9.17, 15) is 22.8 Å². The standard InChI is InChI=1S/C32H35N3O6S/c1-22-8-15-27(20-29(22)42(2,40)41)34-32(39)35(28-16-13-25(14-17-28)24-6-4-3-5-7-24)21-23-9-11-26(12-10-23)31(38)33-19-18-30(36)37/h6,8-17,20H,3-5,7,18-19,21H2,1-2H3,(H,33,38)(H,34,39)(H,36,37). The zero-order chi connectivity index (χ0) is 30.3. The van der Waals surface area contributed by atoms with Gasteiger partial charge in [0.25, 0.3) is 5.91 Å². The molecule has 3 aromatic carbocycles. The molecule has 1 aliphatic carbocycles. The number of hydrogen-bond donors (Lipinski definition) is 3. The van der Waals surface area contributed by atoms with E-state index in [1.165, 1.54) is 18.1 Å². The lowest BCUT2D eigenvalue weighted by atomic mass is 9.93. The zero-order valence-corrected chi connectivity index (χ0v) is 24.5. The summed E-state index contributed by atoms with van der Waals surface area (Å²) in [6.45, 7) is 1.91. The van der Waals surface area contributed by atoms with E-state index in [2.05, 4.69) is 16.7 Å². The summed E-state index contributed by atoms with van der Waals surface area (Å²) < 4.78 is 24.5. The molecule has 0 spiro atoms. The quantitative estimate of drug-likeness (QED) is 0.274. The van der Waals surface area contributed by atoms with Crippen LogP contribution in [0.2, 0.25) is 0 Å². The molecular weight excluding hydrogens is 554 g/mol. The van der Waals surface area contributed by atoms with Gasteiger partial charge in [0.05, 0.1) is 17.9 Å². The predicted molar refractivity (Wildman–Crippen MR) is 163 cm³/mol. The lowest BCUT2D eigenvalue weighted by Gasteiger charge is -2.24. The van der Waals surface area contributed by atoms with Gasteiger partial charge in [0.1, 0.15) is 0 Å². The van der Waals surface area contributed by atoms with Gasteiger partial charge in [-0.3, -0.25) is 14.5 Å². The van der Waals surface area contributed by atoms with Crippen molar-refractivity contribution < 1.29 is 27.9 Å². The van der Waals surface area contributed by atoms with E-state index in [4.69, 9.17) is 5.11 Å². The fraction of sp³-hybridized carbons (Fsp3) is 0.281. The molecular formula is C32H35N3O6S. The summed E-state index contributed by atoms with van der Waals surface area (Å²) >= 11 is 0. The number of rotatable bonds is 10. The molecule has 0 unspecified atom stereocenters. The minimum absolute atomic E-state index is 0.0246. The van der Waals surface area contributed by atoms with Gasteiger partial charge in [-0.25, -0.2) is 13.2 Å². The van der Waals surface area contributed by atoms with Crippen LogP contribution in [-0.2, 0) is 21.2 Å². The molecule has 0 aliphatic heterocycles. The number of allylic oxidation sites excluding steroid dienone is 2. The third-order valence-corrected chi connectivity index (χ3v) is 8.34. The second-order valence-corrected chi connectivity index (χ2v) is 12.4. The van der Waals surface area contributed by atoms with Crippen molar-refractivity contribution in [3.63, 3.8) is 0 Å². The van der Waals surface area contributed by atoms with Gasteiger partial charge in [0.2, 0.25) is 0 Å². The maximum atomic E-state index is 13.6. The fourth-order valence-corrected chi connectivity index (χ4v) is 5.83. The number of urea groups is 1. The Morgan fingerprint density at radius 2 is 1.67 bits per heavy atom. The van der Waals surface area contributed by atoms with E-state index in [0.717, 1.165) is 36.6 Å². The first-order chi connectivity index (χ1) is 20.0. The first kappa shape index (κ1) is 30.5. The normalized spacial score (nSPS) is 13.1. The second kappa shape index (κ2) is 13.5. The molecule has 220 valence electrons. The molecule has 9 nitrogen and oxygen atoms in total. The van der Waals surface area contributed by atoms with Crippen LogP contribution in [0.15, 0.2) is 77.7 Å². The van der Waals surface area contributed by atoms with Gasteiger partial charge in [-0.1, -0.05) is 36.4 Å². The number of hydrogen-bond acceptors (Lipinski definition) is 5. The van der Waals surface area contributed by atoms with E-state index in [-0.39, 0.29) is 30.3 Å². The Balaban J connectivity index is 1.58. The SMILES string of the molecule is Cc1ccc(NC(=O)N(Cc2ccc(C(=O)NCCC(=O)O)cc2)c2ccc(C3=CCCCC3)cc2)cc1S(C)(=O)=O. The van der Waals surface area contributed by atoms with Gasteiger partial charge in [0, 0.05) is 29.7 Å². The van der Waals surface area contributed by atoms with Gasteiger partial charge < -0.3 is 15.7 Å². The highest BCUT2D eigenvalue weighted by atomic mass is 32.2. The van der Waals surface area contributed by atoms with Crippen LogP contribution < -0.4 is 15.5 Å². The summed E-state index contributed by atoms with van der Waals surface area (Å²) in [4.78, 5) is 38.4. The molecule has 0 heterocycles. The second-order valence-electron chi connectivity index (χ2n) is 10.4. The Morgan fingerprint density at radius 3 is 2.29 bits per heavy atom. The van der Waals surface area contributed by atoms with Crippen molar-refractivity contribution in [1.29, 1.82) is 0 Å². The monoisotopic (exact) mass is 589 g/mol. The molecule has 0 radical (unpaired) electrons. The molecule has 10 heteroatoms. The Bertz CT molecular complexity index is 1600. The maximum absolute atomic E-state index is 13.6. The van der Waals surface area contributed by atoms with Crippen molar-refractivity contribution in [1.82, 2.24) is 5.32 Å². The Hall–Kier alpha value is -4.44. The van der Waals surface area contributed by atoms with E-state index >= 15 is 0 Å². The van der Waals surface area contributed by atoms with Crippen LogP contribution in [0.1, 0.15) is 59.2 Å². The number of amides is 3. The summed E-state index contributed by atoms with van der Waals surface area (Å²) in [5.74, 6) is -1.38. The van der Waals surface area contributed by atoms with Crippen LogP contribution in [-0.4, -0.2) is 44.2 Å². The van der Waals surface area contributed by atoms with Crippen LogP contribution in [0.5, 0.6) is 0 Å². The Morgan fingerprint density at radius 1 is 0.952 bits per heavy atom. The lowest BCUT2D eigenvalue weighted by molar-refractivity contribution is -0.136. The summed E-state index contributed by atoms with van der Waals surface area (Å²) in [6.07, 6.45) is 7.66. The number of anilines is 2. The largest absolute Gasteiger partial charge is 0.481 e. The Labute approximate surface area is 246 Å². The number of carboxylic acids is 1. The van der Waals surface area contributed by atoms with Crippen molar-refractivity contribution in [2.75, 3.05) is 23.0 Å². The van der Waals surface area contributed by atoms with Crippen LogP contribution in [0.4, 0.5) is 16.2 Å². The van der Waals surface area contributed by atoms with Crippen molar-refractivity contribution in [3.05, 3.63) is 95.1 Å². The predicted octanol–water partition coefficient (Wildman–Crippen LogP) is 5.80. The molecule has 3 aromatic rings. The highest BCUT2D eigenvalue weighted by Gasteiger charge is 2.19. The highest BCUT2D eigenvalue weighted by molar-refractivity contribution is 7.90. The molecule has 1 aliphatic rings. The van der Waals surface area contributed by atoms with Gasteiger partial charge >= 0.3 is 12.0 Å². The summed E-state index contributed by atoms with van der Waals surface area (Å²) in [7, 11) is -3.48. The molecule has 0 atom stereocenters. The molecule has 0 saturated carbocycles. The number of carboxylic acid groups (broad SMARTS) is 1. The van der Waals surface area contributed by atoms with Crippen molar-refractivity contribution in [2.24, 2.45) is 0 Å². The van der Waals surface area contributed by atoms with E-state index < -0.39 is 21.8 Å². The highest BCUT2D eigenvalue weighted by Crippen LogP contribution is 2.29. The number of nitrogens with one attached hydrogen (secondary N) is 2. The fourth-order valence-electron chi connectivity index (χ4n) is 4.83. The minimum Gasteiger partial charge on any atom is -0.481 e. The smallest absolute Gasteiger partial charge is 0.326 e. The van der Waals surface area contributed by atoms with E-state index in [0.29, 0.717) is 22.5 Å². The number of carbonyl (C=O) groups is 3. The van der Waals surface area contributed by atoms with Crippen molar-refractivity contribution >= 4 is 44.7 Å². The lowest BCUT2D eigenvalue weighted by Crippen LogP contribution is -2.34. The molecule has 4 rings (SSSR count). The zero-order valence-electron chi connectivity index (χ0n) is 23.7. The van der Waals surface area contributed by atoms with Crippen LogP contribution >= 0.6 is 0 Å². The summed E-state index contributed by atoms with van der Waals surface area (Å²) in [5, 5.41) is 14.2. The minimum atomic E-state index is -3.48.